The van der Waals surface area contributed by atoms with Crippen LogP contribution in [0.3, 0.4) is 0 Å². The zero-order chi connectivity index (χ0) is 24.2. The molecule has 1 heterocycles. The minimum Gasteiger partial charge on any atom is -0.494 e. The predicted octanol–water partition coefficient (Wildman–Crippen LogP) is 5.14. The van der Waals surface area contributed by atoms with Gasteiger partial charge < -0.3 is 4.74 Å². The van der Waals surface area contributed by atoms with E-state index in [9.17, 15) is 18.8 Å². The molecule has 34 heavy (non-hydrogen) atoms. The lowest BCUT2D eigenvalue weighted by Gasteiger charge is -2.26. The summed E-state index contributed by atoms with van der Waals surface area (Å²) in [6, 6.07) is 16.9. The molecule has 1 fully saturated rings. The summed E-state index contributed by atoms with van der Waals surface area (Å²) in [4.78, 5) is 38.8. The number of amides is 4. The van der Waals surface area contributed by atoms with Crippen molar-refractivity contribution in [2.45, 2.75) is 13.3 Å². The van der Waals surface area contributed by atoms with E-state index in [1.54, 1.807) is 60.7 Å². The first kappa shape index (κ1) is 23.2. The molecule has 8 heteroatoms. The second kappa shape index (κ2) is 9.89. The maximum absolute atomic E-state index is 14.0. The van der Waals surface area contributed by atoms with E-state index >= 15 is 0 Å². The molecule has 3 aromatic carbocycles. The molecular formula is C26H20ClFN2O4. The van der Waals surface area contributed by atoms with Gasteiger partial charge in [0, 0.05) is 11.4 Å². The van der Waals surface area contributed by atoms with Gasteiger partial charge >= 0.3 is 6.03 Å². The molecule has 1 aliphatic heterocycles. The number of nitrogens with one attached hydrogen (secondary N) is 1. The first-order valence-corrected chi connectivity index (χ1v) is 10.9. The van der Waals surface area contributed by atoms with Crippen molar-refractivity contribution < 1.29 is 23.5 Å². The van der Waals surface area contributed by atoms with Crippen molar-refractivity contribution in [1.29, 1.82) is 0 Å². The number of hydrogen-bond acceptors (Lipinski definition) is 4. The Hall–Kier alpha value is -3.97. The van der Waals surface area contributed by atoms with Crippen LogP contribution in [0, 0.1) is 5.82 Å². The molecule has 0 spiro atoms. The van der Waals surface area contributed by atoms with Gasteiger partial charge in [-0.1, -0.05) is 41.9 Å². The molecule has 0 aromatic heterocycles. The molecule has 0 aliphatic carbocycles. The smallest absolute Gasteiger partial charge is 0.335 e. The zero-order valence-corrected chi connectivity index (χ0v) is 18.9. The summed E-state index contributed by atoms with van der Waals surface area (Å²) in [6.45, 7) is 2.32. The van der Waals surface area contributed by atoms with Crippen LogP contribution in [0.2, 0.25) is 5.02 Å². The number of carbonyl (C=O) groups excluding carboxylic acids is 3. The molecule has 1 aliphatic rings. The lowest BCUT2D eigenvalue weighted by Crippen LogP contribution is -2.54. The molecule has 0 radical (unpaired) electrons. The summed E-state index contributed by atoms with van der Waals surface area (Å²) in [5, 5.41) is 2.55. The van der Waals surface area contributed by atoms with Crippen LogP contribution in [0.4, 0.5) is 14.9 Å². The number of hydrogen-bond donors (Lipinski definition) is 1. The van der Waals surface area contributed by atoms with Crippen LogP contribution in [0.15, 0.2) is 72.3 Å². The summed E-state index contributed by atoms with van der Waals surface area (Å²) >= 11 is 6.40. The van der Waals surface area contributed by atoms with Gasteiger partial charge in [-0.05, 0) is 66.1 Å². The third-order valence-corrected chi connectivity index (χ3v) is 5.59. The molecule has 3 aromatic rings. The van der Waals surface area contributed by atoms with E-state index in [4.69, 9.17) is 16.3 Å². The summed E-state index contributed by atoms with van der Waals surface area (Å²) in [5.41, 5.74) is 1.76. The highest BCUT2D eigenvalue weighted by Gasteiger charge is 2.36. The standard InChI is InChI=1S/C26H20ClFN2O4/c1-2-34-20-11-9-19(10-12-20)30-25(32)21(24(31)29-26(30)33)13-16-7-8-17(22(27)14-16)15-18-5-3-4-6-23(18)28/h3-14H,2,15H2,1H3,(H,29,31,33)/b21-13+. The minimum absolute atomic E-state index is 0.216. The summed E-state index contributed by atoms with van der Waals surface area (Å²) in [7, 11) is 0. The van der Waals surface area contributed by atoms with Gasteiger partial charge in [-0.25, -0.2) is 14.1 Å². The highest BCUT2D eigenvalue weighted by atomic mass is 35.5. The van der Waals surface area contributed by atoms with Crippen molar-refractivity contribution in [2.24, 2.45) is 0 Å². The lowest BCUT2D eigenvalue weighted by molar-refractivity contribution is -0.122. The van der Waals surface area contributed by atoms with Gasteiger partial charge in [0.25, 0.3) is 11.8 Å². The van der Waals surface area contributed by atoms with Gasteiger partial charge in [-0.2, -0.15) is 0 Å². The number of imide groups is 2. The van der Waals surface area contributed by atoms with Crippen LogP contribution in [0.25, 0.3) is 6.08 Å². The van der Waals surface area contributed by atoms with E-state index in [1.807, 2.05) is 6.92 Å². The van der Waals surface area contributed by atoms with Crippen molar-refractivity contribution in [1.82, 2.24) is 5.32 Å². The Morgan fingerprint density at radius 2 is 1.74 bits per heavy atom. The number of benzene rings is 3. The molecule has 0 atom stereocenters. The number of anilines is 1. The van der Waals surface area contributed by atoms with Crippen molar-refractivity contribution in [3.8, 4) is 5.75 Å². The molecule has 4 amide bonds. The Morgan fingerprint density at radius 1 is 1.00 bits per heavy atom. The van der Waals surface area contributed by atoms with Crippen molar-refractivity contribution >= 4 is 41.2 Å². The molecule has 4 rings (SSSR count). The van der Waals surface area contributed by atoms with Crippen molar-refractivity contribution in [3.63, 3.8) is 0 Å². The van der Waals surface area contributed by atoms with Gasteiger partial charge in [0.05, 0.1) is 12.3 Å². The molecule has 0 unspecified atom stereocenters. The van der Waals surface area contributed by atoms with Gasteiger partial charge in [0.15, 0.2) is 0 Å². The molecule has 172 valence electrons. The number of nitrogens with zero attached hydrogens (tertiary/aromatic N) is 1. The minimum atomic E-state index is -0.838. The van der Waals surface area contributed by atoms with Gasteiger partial charge in [0.1, 0.15) is 17.1 Å². The normalized spacial score (nSPS) is 15.0. The van der Waals surface area contributed by atoms with E-state index in [2.05, 4.69) is 5.32 Å². The van der Waals surface area contributed by atoms with Crippen LogP contribution in [0.1, 0.15) is 23.6 Å². The van der Waals surface area contributed by atoms with Gasteiger partial charge in [0.2, 0.25) is 0 Å². The summed E-state index contributed by atoms with van der Waals surface area (Å²) in [5.74, 6) is -1.30. The highest BCUT2D eigenvalue weighted by Crippen LogP contribution is 2.26. The Morgan fingerprint density at radius 3 is 2.41 bits per heavy atom. The number of urea groups is 1. The second-order valence-corrected chi connectivity index (χ2v) is 7.91. The van der Waals surface area contributed by atoms with Gasteiger partial charge in [-0.3, -0.25) is 14.9 Å². The predicted molar refractivity (Wildman–Crippen MR) is 127 cm³/mol. The molecule has 0 saturated carbocycles. The summed E-state index contributed by atoms with van der Waals surface area (Å²) < 4.78 is 19.4. The molecule has 6 nitrogen and oxygen atoms in total. The van der Waals surface area contributed by atoms with E-state index in [1.165, 1.54) is 12.1 Å². The Labute approximate surface area is 200 Å². The van der Waals surface area contributed by atoms with Crippen molar-refractivity contribution in [2.75, 3.05) is 11.5 Å². The lowest BCUT2D eigenvalue weighted by atomic mass is 10.0. The molecule has 0 bridgehead atoms. The third-order valence-electron chi connectivity index (χ3n) is 5.23. The average molecular weight is 479 g/mol. The van der Waals surface area contributed by atoms with Crippen molar-refractivity contribution in [3.05, 3.63) is 99.8 Å². The summed E-state index contributed by atoms with van der Waals surface area (Å²) in [6.07, 6.45) is 1.66. The molecular weight excluding hydrogens is 459 g/mol. The van der Waals surface area contributed by atoms with Crippen LogP contribution < -0.4 is 15.0 Å². The average Bonchev–Trinajstić information content (AvgIpc) is 2.81. The SMILES string of the molecule is CCOc1ccc(N2C(=O)NC(=O)/C(=C\c3ccc(Cc4ccccc4F)c(Cl)c3)C2=O)cc1. The van der Waals surface area contributed by atoms with E-state index in [0.29, 0.717) is 46.2 Å². The number of ether oxygens (including phenoxy) is 1. The van der Waals surface area contributed by atoms with Crippen LogP contribution in [-0.4, -0.2) is 24.5 Å². The zero-order valence-electron chi connectivity index (χ0n) is 18.2. The van der Waals surface area contributed by atoms with Crippen LogP contribution in [0.5, 0.6) is 5.75 Å². The Kier molecular flexibility index (Phi) is 6.75. The number of barbiturate groups is 1. The number of halogens is 2. The Balaban J connectivity index is 1.60. The third kappa shape index (κ3) is 4.84. The maximum Gasteiger partial charge on any atom is 0.335 e. The highest BCUT2D eigenvalue weighted by molar-refractivity contribution is 6.39. The molecule has 1 N–H and O–H groups in total. The fourth-order valence-electron chi connectivity index (χ4n) is 3.56. The fraction of sp³-hybridized carbons (Fsp3) is 0.115. The first-order chi connectivity index (χ1) is 16.4. The van der Waals surface area contributed by atoms with Crippen LogP contribution in [-0.2, 0) is 16.0 Å². The molecule has 1 saturated heterocycles. The second-order valence-electron chi connectivity index (χ2n) is 7.50. The van der Waals surface area contributed by atoms with Crippen LogP contribution >= 0.6 is 11.6 Å². The topological polar surface area (TPSA) is 75.7 Å². The number of rotatable bonds is 6. The quantitative estimate of drug-likeness (QED) is 0.393. The van der Waals surface area contributed by atoms with E-state index in [-0.39, 0.29) is 11.4 Å². The first-order valence-electron chi connectivity index (χ1n) is 10.5. The number of carbonyl (C=O) groups is 3. The fourth-order valence-corrected chi connectivity index (χ4v) is 3.82. The van der Waals surface area contributed by atoms with E-state index in [0.717, 1.165) is 4.90 Å². The van der Waals surface area contributed by atoms with E-state index < -0.39 is 17.8 Å². The largest absolute Gasteiger partial charge is 0.494 e. The van der Waals surface area contributed by atoms with Gasteiger partial charge in [-0.15, -0.1) is 0 Å². The Bertz CT molecular complexity index is 1300. The maximum atomic E-state index is 14.0. The monoisotopic (exact) mass is 478 g/mol.